The lowest BCUT2D eigenvalue weighted by molar-refractivity contribution is 0.0792. The van der Waals surface area contributed by atoms with Crippen molar-refractivity contribution in [3.05, 3.63) is 48.0 Å². The Labute approximate surface area is 116 Å². The van der Waals surface area contributed by atoms with Crippen LogP contribution in [0.2, 0.25) is 0 Å². The van der Waals surface area contributed by atoms with Crippen molar-refractivity contribution in [1.82, 2.24) is 4.90 Å². The molecule has 0 fully saturated rings. The zero-order chi connectivity index (χ0) is 14.1. The van der Waals surface area contributed by atoms with Gasteiger partial charge in [-0.25, -0.2) is 0 Å². The van der Waals surface area contributed by atoms with E-state index in [0.29, 0.717) is 6.54 Å². The van der Waals surface area contributed by atoms with E-state index in [1.165, 1.54) is 0 Å². The van der Waals surface area contributed by atoms with Gasteiger partial charge in [-0.3, -0.25) is 4.79 Å². The molecule has 0 heterocycles. The number of hydrogen-bond acceptors (Lipinski definition) is 2. The predicted octanol–water partition coefficient (Wildman–Crippen LogP) is 2.96. The van der Waals surface area contributed by atoms with Gasteiger partial charge in [0.1, 0.15) is 0 Å². The normalized spacial score (nSPS) is 10.2. The maximum absolute atomic E-state index is 12.1. The number of nitrogens with zero attached hydrogens (tertiary/aromatic N) is 1. The van der Waals surface area contributed by atoms with E-state index in [0.717, 1.165) is 43.4 Å². The lowest BCUT2D eigenvalue weighted by Gasteiger charge is -2.17. The monoisotopic (exact) mass is 260 g/mol. The maximum Gasteiger partial charge on any atom is 0.253 e. The largest absolute Gasteiger partial charge is 0.342 e. The summed E-state index contributed by atoms with van der Waals surface area (Å²) in [6.45, 7) is 5.01. The smallest absolute Gasteiger partial charge is 0.253 e. The second-order valence-electron chi connectivity index (χ2n) is 4.77. The molecule has 0 unspecified atom stereocenters. The molecule has 3 nitrogen and oxygen atoms in total. The van der Waals surface area contributed by atoms with Crippen molar-refractivity contribution in [1.29, 1.82) is 0 Å². The Morgan fingerprint density at radius 3 is 2.53 bits per heavy atom. The standard InChI is InChI=1S/C16H24N2O/c1-3-4-5-6-7-12-18(2)16(19)15-10-8-14(13-17)9-11-15/h3,8-11H,1,4-7,12-13,17H2,2H3. The van der Waals surface area contributed by atoms with Crippen LogP contribution < -0.4 is 5.73 Å². The van der Waals surface area contributed by atoms with Gasteiger partial charge in [0.15, 0.2) is 0 Å². The molecule has 1 rings (SSSR count). The lowest BCUT2D eigenvalue weighted by atomic mass is 10.1. The second kappa shape index (κ2) is 8.48. The summed E-state index contributed by atoms with van der Waals surface area (Å²) in [5.74, 6) is 0.0762. The summed E-state index contributed by atoms with van der Waals surface area (Å²) in [6, 6.07) is 7.51. The zero-order valence-electron chi connectivity index (χ0n) is 11.8. The van der Waals surface area contributed by atoms with Crippen LogP contribution in [0.25, 0.3) is 0 Å². The summed E-state index contributed by atoms with van der Waals surface area (Å²) >= 11 is 0. The Kier molecular flexibility index (Phi) is 6.90. The highest BCUT2D eigenvalue weighted by Crippen LogP contribution is 2.08. The third-order valence-electron chi connectivity index (χ3n) is 3.19. The van der Waals surface area contributed by atoms with Crippen LogP contribution in [0, 0.1) is 0 Å². The van der Waals surface area contributed by atoms with Gasteiger partial charge in [-0.05, 0) is 37.0 Å². The molecule has 0 aliphatic heterocycles. The molecule has 0 spiro atoms. The summed E-state index contributed by atoms with van der Waals surface area (Å²) < 4.78 is 0. The summed E-state index contributed by atoms with van der Waals surface area (Å²) in [4.78, 5) is 13.9. The first-order valence-corrected chi connectivity index (χ1v) is 6.84. The molecule has 3 heteroatoms. The number of hydrogen-bond donors (Lipinski definition) is 1. The van der Waals surface area contributed by atoms with Crippen molar-refractivity contribution in [2.45, 2.75) is 32.2 Å². The molecule has 1 aromatic carbocycles. The molecule has 1 aromatic rings. The molecule has 2 N–H and O–H groups in total. The van der Waals surface area contributed by atoms with Crippen molar-refractivity contribution in [3.63, 3.8) is 0 Å². The minimum absolute atomic E-state index is 0.0762. The fraction of sp³-hybridized carbons (Fsp3) is 0.438. The minimum atomic E-state index is 0.0762. The van der Waals surface area contributed by atoms with Crippen molar-refractivity contribution >= 4 is 5.91 Å². The summed E-state index contributed by atoms with van der Waals surface area (Å²) in [5.41, 5.74) is 7.31. The first kappa shape index (κ1) is 15.4. The van der Waals surface area contributed by atoms with Crippen LogP contribution in [0.3, 0.4) is 0 Å². The number of benzene rings is 1. The van der Waals surface area contributed by atoms with Gasteiger partial charge in [0, 0.05) is 25.7 Å². The van der Waals surface area contributed by atoms with Crippen molar-refractivity contribution in [3.8, 4) is 0 Å². The molecule has 0 aliphatic carbocycles. The first-order valence-electron chi connectivity index (χ1n) is 6.84. The van der Waals surface area contributed by atoms with E-state index >= 15 is 0 Å². The molecule has 0 bridgehead atoms. The van der Waals surface area contributed by atoms with Gasteiger partial charge >= 0.3 is 0 Å². The highest BCUT2D eigenvalue weighted by Gasteiger charge is 2.10. The average Bonchev–Trinajstić information content (AvgIpc) is 2.46. The molecular formula is C16H24N2O. The number of carbonyl (C=O) groups is 1. The summed E-state index contributed by atoms with van der Waals surface area (Å²) in [5, 5.41) is 0. The Morgan fingerprint density at radius 1 is 1.26 bits per heavy atom. The number of carbonyl (C=O) groups excluding carboxylic acids is 1. The van der Waals surface area contributed by atoms with Gasteiger partial charge in [-0.1, -0.05) is 24.6 Å². The number of amides is 1. The maximum atomic E-state index is 12.1. The van der Waals surface area contributed by atoms with Crippen molar-refractivity contribution < 1.29 is 4.79 Å². The third kappa shape index (κ3) is 5.26. The van der Waals surface area contributed by atoms with E-state index < -0.39 is 0 Å². The molecule has 0 saturated carbocycles. The van der Waals surface area contributed by atoms with Gasteiger partial charge in [0.2, 0.25) is 0 Å². The molecule has 0 saturated heterocycles. The van der Waals surface area contributed by atoms with Gasteiger partial charge in [0.25, 0.3) is 5.91 Å². The van der Waals surface area contributed by atoms with Crippen molar-refractivity contribution in [2.75, 3.05) is 13.6 Å². The average molecular weight is 260 g/mol. The van der Waals surface area contributed by atoms with Crippen LogP contribution in [-0.2, 0) is 6.54 Å². The molecule has 1 amide bonds. The van der Waals surface area contributed by atoms with Crippen LogP contribution in [-0.4, -0.2) is 24.4 Å². The number of unbranched alkanes of at least 4 members (excludes halogenated alkanes) is 3. The van der Waals surface area contributed by atoms with Crippen molar-refractivity contribution in [2.24, 2.45) is 5.73 Å². The van der Waals surface area contributed by atoms with Gasteiger partial charge < -0.3 is 10.6 Å². The Bertz CT molecular complexity index is 398. The zero-order valence-corrected chi connectivity index (χ0v) is 11.8. The number of nitrogens with two attached hydrogens (primary N) is 1. The highest BCUT2D eigenvalue weighted by molar-refractivity contribution is 5.94. The minimum Gasteiger partial charge on any atom is -0.342 e. The quantitative estimate of drug-likeness (QED) is 0.577. The van der Waals surface area contributed by atoms with Crippen LogP contribution >= 0.6 is 0 Å². The van der Waals surface area contributed by atoms with E-state index in [4.69, 9.17) is 5.73 Å². The Balaban J connectivity index is 2.40. The fourth-order valence-corrected chi connectivity index (χ4v) is 1.92. The molecular weight excluding hydrogens is 236 g/mol. The molecule has 0 atom stereocenters. The van der Waals surface area contributed by atoms with Crippen LogP contribution in [0.15, 0.2) is 36.9 Å². The Hall–Kier alpha value is -1.61. The third-order valence-corrected chi connectivity index (χ3v) is 3.19. The molecule has 0 radical (unpaired) electrons. The van der Waals surface area contributed by atoms with E-state index in [1.807, 2.05) is 37.4 Å². The molecule has 0 aliphatic rings. The molecule has 0 aromatic heterocycles. The van der Waals surface area contributed by atoms with Gasteiger partial charge in [-0.15, -0.1) is 6.58 Å². The summed E-state index contributed by atoms with van der Waals surface area (Å²) in [6.07, 6.45) is 6.31. The molecule has 19 heavy (non-hydrogen) atoms. The summed E-state index contributed by atoms with van der Waals surface area (Å²) in [7, 11) is 1.85. The van der Waals surface area contributed by atoms with E-state index in [-0.39, 0.29) is 5.91 Å². The fourth-order valence-electron chi connectivity index (χ4n) is 1.92. The number of rotatable bonds is 8. The van der Waals surface area contributed by atoms with E-state index in [9.17, 15) is 4.79 Å². The van der Waals surface area contributed by atoms with Crippen LogP contribution in [0.4, 0.5) is 0 Å². The van der Waals surface area contributed by atoms with E-state index in [2.05, 4.69) is 6.58 Å². The lowest BCUT2D eigenvalue weighted by Crippen LogP contribution is -2.27. The SMILES string of the molecule is C=CCCCCCN(C)C(=O)c1ccc(CN)cc1. The topological polar surface area (TPSA) is 46.3 Å². The second-order valence-corrected chi connectivity index (χ2v) is 4.77. The van der Waals surface area contributed by atoms with Gasteiger partial charge in [0.05, 0.1) is 0 Å². The van der Waals surface area contributed by atoms with Crippen LogP contribution in [0.5, 0.6) is 0 Å². The van der Waals surface area contributed by atoms with Crippen LogP contribution in [0.1, 0.15) is 41.6 Å². The van der Waals surface area contributed by atoms with E-state index in [1.54, 1.807) is 4.90 Å². The predicted molar refractivity (Wildman–Crippen MR) is 80.0 cm³/mol. The molecule has 104 valence electrons. The Morgan fingerprint density at radius 2 is 1.95 bits per heavy atom. The highest BCUT2D eigenvalue weighted by atomic mass is 16.2. The number of allylic oxidation sites excluding steroid dienone is 1. The first-order chi connectivity index (χ1) is 9.19. The van der Waals surface area contributed by atoms with Gasteiger partial charge in [-0.2, -0.15) is 0 Å².